The van der Waals surface area contributed by atoms with E-state index in [4.69, 9.17) is 16.3 Å². The van der Waals surface area contributed by atoms with Crippen molar-refractivity contribution in [2.75, 3.05) is 7.11 Å². The van der Waals surface area contributed by atoms with Gasteiger partial charge in [-0.1, -0.05) is 42.3 Å². The number of hydrogen-bond acceptors (Lipinski definition) is 3. The van der Waals surface area contributed by atoms with Gasteiger partial charge in [0, 0.05) is 24.0 Å². The van der Waals surface area contributed by atoms with Gasteiger partial charge in [-0.25, -0.2) is 0 Å². The van der Waals surface area contributed by atoms with Crippen molar-refractivity contribution >= 4 is 17.5 Å². The third-order valence-corrected chi connectivity index (χ3v) is 5.34. The number of ether oxygens (including phenoxy) is 1. The first-order valence-electron chi connectivity index (χ1n) is 9.39. The largest absolute Gasteiger partial charge is 0.497 e. The van der Waals surface area contributed by atoms with Crippen LogP contribution in [0.4, 0.5) is 0 Å². The lowest BCUT2D eigenvalue weighted by atomic mass is 9.86. The smallest absolute Gasteiger partial charge is 0.226 e. The van der Waals surface area contributed by atoms with E-state index in [9.17, 15) is 9.90 Å². The van der Waals surface area contributed by atoms with Gasteiger partial charge in [-0.15, -0.1) is 0 Å². The maximum atomic E-state index is 13.2. The van der Waals surface area contributed by atoms with E-state index in [2.05, 4.69) is 0 Å². The van der Waals surface area contributed by atoms with E-state index in [-0.39, 0.29) is 17.9 Å². The molecule has 1 N–H and O–H groups in total. The summed E-state index contributed by atoms with van der Waals surface area (Å²) in [5.41, 5.74) is 2.04. The lowest BCUT2D eigenvalue weighted by molar-refractivity contribution is -0.139. The zero-order chi connectivity index (χ0) is 19.2. The van der Waals surface area contributed by atoms with E-state index in [1.807, 2.05) is 53.4 Å². The highest BCUT2D eigenvalue weighted by Gasteiger charge is 2.29. The van der Waals surface area contributed by atoms with Crippen LogP contribution in [0.3, 0.4) is 0 Å². The van der Waals surface area contributed by atoms with Crippen LogP contribution >= 0.6 is 11.6 Å². The molecule has 0 radical (unpaired) electrons. The number of nitrogens with zero attached hydrogens (tertiary/aromatic N) is 1. The number of amides is 1. The van der Waals surface area contributed by atoms with Crippen molar-refractivity contribution in [1.29, 1.82) is 0 Å². The average Bonchev–Trinajstić information content (AvgIpc) is 2.67. The van der Waals surface area contributed by atoms with Gasteiger partial charge in [0.2, 0.25) is 5.91 Å². The first kappa shape index (κ1) is 19.7. The Morgan fingerprint density at radius 2 is 1.89 bits per heavy atom. The van der Waals surface area contributed by atoms with Gasteiger partial charge in [-0.2, -0.15) is 0 Å². The van der Waals surface area contributed by atoms with E-state index in [1.165, 1.54) is 0 Å². The second kappa shape index (κ2) is 9.25. The summed E-state index contributed by atoms with van der Waals surface area (Å²) in [7, 11) is 1.64. The standard InChI is InChI=1S/C22H26ClNO3/c1-27-21-10-8-16(9-11-21)14-24(15-17-4-2-6-19(23)12-17)22(26)18-5-3-7-20(25)13-18/h2,4,6,8-12,18,20,25H,3,5,7,13-15H2,1H3/t18-,20+/m0/s1. The Morgan fingerprint density at radius 3 is 2.56 bits per heavy atom. The molecule has 0 heterocycles. The summed E-state index contributed by atoms with van der Waals surface area (Å²) in [4.78, 5) is 15.1. The van der Waals surface area contributed by atoms with E-state index >= 15 is 0 Å². The summed E-state index contributed by atoms with van der Waals surface area (Å²) >= 11 is 6.12. The SMILES string of the molecule is COc1ccc(CN(Cc2cccc(Cl)c2)C(=O)[C@H]2CCC[C@@H](O)C2)cc1. The number of halogens is 1. The minimum Gasteiger partial charge on any atom is -0.497 e. The predicted octanol–water partition coefficient (Wildman–Crippen LogP) is 4.43. The highest BCUT2D eigenvalue weighted by molar-refractivity contribution is 6.30. The molecule has 0 bridgehead atoms. The Kier molecular flexibility index (Phi) is 6.75. The second-order valence-corrected chi connectivity index (χ2v) is 7.63. The Bertz CT molecular complexity index is 762. The summed E-state index contributed by atoms with van der Waals surface area (Å²) in [5.74, 6) is 0.776. The lowest BCUT2D eigenvalue weighted by Crippen LogP contribution is -2.38. The lowest BCUT2D eigenvalue weighted by Gasteiger charge is -2.31. The van der Waals surface area contributed by atoms with Crippen molar-refractivity contribution in [2.45, 2.75) is 44.9 Å². The quantitative estimate of drug-likeness (QED) is 0.797. The molecule has 2 atom stereocenters. The van der Waals surface area contributed by atoms with Gasteiger partial charge in [-0.05, 0) is 54.7 Å². The number of rotatable bonds is 6. The van der Waals surface area contributed by atoms with Crippen LogP contribution < -0.4 is 4.74 Å². The summed E-state index contributed by atoms with van der Waals surface area (Å²) in [6, 6.07) is 15.4. The molecule has 3 rings (SSSR count). The average molecular weight is 388 g/mol. The van der Waals surface area contributed by atoms with Crippen molar-refractivity contribution in [2.24, 2.45) is 5.92 Å². The molecule has 5 heteroatoms. The molecule has 1 amide bonds. The second-order valence-electron chi connectivity index (χ2n) is 7.19. The Labute approximate surface area is 165 Å². The van der Waals surface area contributed by atoms with Crippen molar-refractivity contribution < 1.29 is 14.6 Å². The summed E-state index contributed by atoms with van der Waals surface area (Å²) in [6.07, 6.45) is 2.70. The first-order chi connectivity index (χ1) is 13.0. The number of benzene rings is 2. The van der Waals surface area contributed by atoms with E-state index in [0.29, 0.717) is 24.5 Å². The molecule has 0 unspecified atom stereocenters. The van der Waals surface area contributed by atoms with Gasteiger partial charge < -0.3 is 14.7 Å². The van der Waals surface area contributed by atoms with Crippen molar-refractivity contribution in [1.82, 2.24) is 4.90 Å². The molecule has 0 saturated heterocycles. The van der Waals surface area contributed by atoms with Crippen LogP contribution in [0.2, 0.25) is 5.02 Å². The molecule has 1 saturated carbocycles. The predicted molar refractivity (Wildman–Crippen MR) is 107 cm³/mol. The summed E-state index contributed by atoms with van der Waals surface area (Å²) in [6.45, 7) is 1.01. The molecule has 4 nitrogen and oxygen atoms in total. The fraction of sp³-hybridized carbons (Fsp3) is 0.409. The highest BCUT2D eigenvalue weighted by Crippen LogP contribution is 2.27. The van der Waals surface area contributed by atoms with Gasteiger partial charge in [0.1, 0.15) is 5.75 Å². The normalized spacial score (nSPS) is 19.5. The van der Waals surface area contributed by atoms with Gasteiger partial charge in [0.15, 0.2) is 0 Å². The molecule has 0 spiro atoms. The number of hydrogen-bond donors (Lipinski definition) is 1. The van der Waals surface area contributed by atoms with Crippen LogP contribution in [0.15, 0.2) is 48.5 Å². The molecule has 2 aromatic rings. The van der Waals surface area contributed by atoms with Crippen LogP contribution in [0.5, 0.6) is 5.75 Å². The van der Waals surface area contributed by atoms with E-state index in [1.54, 1.807) is 7.11 Å². The zero-order valence-electron chi connectivity index (χ0n) is 15.6. The van der Waals surface area contributed by atoms with Crippen LogP contribution in [0, 0.1) is 5.92 Å². The highest BCUT2D eigenvalue weighted by atomic mass is 35.5. The molecule has 1 aliphatic carbocycles. The minimum atomic E-state index is -0.373. The first-order valence-corrected chi connectivity index (χ1v) is 9.77. The Morgan fingerprint density at radius 1 is 1.15 bits per heavy atom. The fourth-order valence-corrected chi connectivity index (χ4v) is 3.88. The van der Waals surface area contributed by atoms with Gasteiger partial charge >= 0.3 is 0 Å². The van der Waals surface area contributed by atoms with E-state index < -0.39 is 0 Å². The molecule has 0 aromatic heterocycles. The minimum absolute atomic E-state index is 0.101. The van der Waals surface area contributed by atoms with Crippen molar-refractivity contribution in [3.8, 4) is 5.75 Å². The van der Waals surface area contributed by atoms with Crippen molar-refractivity contribution in [3.05, 3.63) is 64.7 Å². The third-order valence-electron chi connectivity index (χ3n) is 5.10. The Balaban J connectivity index is 1.79. The number of aliphatic hydroxyl groups is 1. The van der Waals surface area contributed by atoms with E-state index in [0.717, 1.165) is 36.1 Å². The number of carbonyl (C=O) groups excluding carboxylic acids is 1. The molecular formula is C22H26ClNO3. The fourth-order valence-electron chi connectivity index (χ4n) is 3.67. The summed E-state index contributed by atoms with van der Waals surface area (Å²) in [5, 5.41) is 10.6. The molecule has 2 aromatic carbocycles. The van der Waals surface area contributed by atoms with Crippen LogP contribution in [-0.2, 0) is 17.9 Å². The summed E-state index contributed by atoms with van der Waals surface area (Å²) < 4.78 is 5.21. The van der Waals surface area contributed by atoms with Gasteiger partial charge in [0.25, 0.3) is 0 Å². The van der Waals surface area contributed by atoms with Crippen LogP contribution in [-0.4, -0.2) is 29.1 Å². The zero-order valence-corrected chi connectivity index (χ0v) is 16.4. The molecule has 1 aliphatic rings. The monoisotopic (exact) mass is 387 g/mol. The molecule has 1 fully saturated rings. The molecular weight excluding hydrogens is 362 g/mol. The third kappa shape index (κ3) is 5.47. The van der Waals surface area contributed by atoms with Crippen LogP contribution in [0.25, 0.3) is 0 Å². The van der Waals surface area contributed by atoms with Crippen LogP contribution in [0.1, 0.15) is 36.8 Å². The topological polar surface area (TPSA) is 49.8 Å². The maximum absolute atomic E-state index is 13.2. The number of methoxy groups -OCH3 is 1. The Hall–Kier alpha value is -2.04. The molecule has 144 valence electrons. The van der Waals surface area contributed by atoms with Crippen molar-refractivity contribution in [3.63, 3.8) is 0 Å². The molecule has 0 aliphatic heterocycles. The van der Waals surface area contributed by atoms with Gasteiger partial charge in [-0.3, -0.25) is 4.79 Å². The number of carbonyl (C=O) groups is 1. The molecule has 27 heavy (non-hydrogen) atoms. The number of aliphatic hydroxyl groups excluding tert-OH is 1. The van der Waals surface area contributed by atoms with Gasteiger partial charge in [0.05, 0.1) is 13.2 Å². The maximum Gasteiger partial charge on any atom is 0.226 e.